The van der Waals surface area contributed by atoms with Crippen LogP contribution >= 0.6 is 0 Å². The van der Waals surface area contributed by atoms with E-state index in [0.29, 0.717) is 22.6 Å². The van der Waals surface area contributed by atoms with Gasteiger partial charge in [0.25, 0.3) is 0 Å². The van der Waals surface area contributed by atoms with Crippen molar-refractivity contribution in [2.24, 2.45) is 0 Å². The van der Waals surface area contributed by atoms with E-state index >= 15 is 0 Å². The summed E-state index contributed by atoms with van der Waals surface area (Å²) in [6.45, 7) is 3.62. The summed E-state index contributed by atoms with van der Waals surface area (Å²) in [5.41, 5.74) is 9.07. The number of nitrogen functional groups attached to an aromatic ring is 1. The van der Waals surface area contributed by atoms with E-state index in [2.05, 4.69) is 15.5 Å². The molecule has 0 aliphatic heterocycles. The second-order valence-corrected chi connectivity index (χ2v) is 4.93. The average molecular weight is 283 g/mol. The van der Waals surface area contributed by atoms with Gasteiger partial charge in [-0.3, -0.25) is 0 Å². The molecule has 3 aromatic rings. The van der Waals surface area contributed by atoms with Crippen molar-refractivity contribution in [2.45, 2.75) is 13.8 Å². The number of anilines is 1. The summed E-state index contributed by atoms with van der Waals surface area (Å²) in [5, 5.41) is 11.6. The Kier molecular flexibility index (Phi) is 3.13. The number of rotatable bonds is 2. The Morgan fingerprint density at radius 2 is 1.95 bits per heavy atom. The number of benzene rings is 2. The van der Waals surface area contributed by atoms with Gasteiger partial charge in [0.15, 0.2) is 5.82 Å². The molecule has 2 aromatic carbocycles. The van der Waals surface area contributed by atoms with Crippen LogP contribution in [0.1, 0.15) is 11.1 Å². The quantitative estimate of drug-likeness (QED) is 0.734. The monoisotopic (exact) mass is 283 g/mol. The van der Waals surface area contributed by atoms with E-state index in [0.717, 1.165) is 11.3 Å². The van der Waals surface area contributed by atoms with Crippen LogP contribution in [0, 0.1) is 19.7 Å². The normalized spacial score (nSPS) is 10.8. The van der Waals surface area contributed by atoms with Gasteiger partial charge in [-0.25, -0.2) is 4.39 Å². The highest BCUT2D eigenvalue weighted by atomic mass is 19.1. The molecular formula is C15H14FN5. The molecule has 0 aliphatic carbocycles. The Hall–Kier alpha value is -2.76. The van der Waals surface area contributed by atoms with Crippen LogP contribution in [0.5, 0.6) is 0 Å². The topological polar surface area (TPSA) is 69.6 Å². The molecule has 0 amide bonds. The molecule has 106 valence electrons. The maximum absolute atomic E-state index is 13.9. The number of tetrazole rings is 1. The second-order valence-electron chi connectivity index (χ2n) is 4.93. The largest absolute Gasteiger partial charge is 0.398 e. The highest BCUT2D eigenvalue weighted by Crippen LogP contribution is 2.25. The fourth-order valence-electron chi connectivity index (χ4n) is 2.13. The smallest absolute Gasteiger partial charge is 0.187 e. The van der Waals surface area contributed by atoms with Crippen molar-refractivity contribution in [3.63, 3.8) is 0 Å². The third-order valence-electron chi connectivity index (χ3n) is 3.36. The van der Waals surface area contributed by atoms with Crippen LogP contribution in [-0.2, 0) is 0 Å². The van der Waals surface area contributed by atoms with Crippen molar-refractivity contribution in [2.75, 3.05) is 5.73 Å². The molecule has 6 heteroatoms. The van der Waals surface area contributed by atoms with Gasteiger partial charge in [-0.2, -0.15) is 4.68 Å². The summed E-state index contributed by atoms with van der Waals surface area (Å²) in [6.07, 6.45) is 0. The predicted molar refractivity (Wildman–Crippen MR) is 78.4 cm³/mol. The van der Waals surface area contributed by atoms with Crippen LogP contribution < -0.4 is 5.73 Å². The molecule has 0 fully saturated rings. The molecule has 1 aromatic heterocycles. The van der Waals surface area contributed by atoms with Crippen LogP contribution in [0.25, 0.3) is 17.1 Å². The Balaban J connectivity index is 2.16. The Morgan fingerprint density at radius 1 is 1.14 bits per heavy atom. The minimum Gasteiger partial charge on any atom is -0.398 e. The fourth-order valence-corrected chi connectivity index (χ4v) is 2.13. The van der Waals surface area contributed by atoms with Crippen molar-refractivity contribution in [3.8, 4) is 17.1 Å². The predicted octanol–water partition coefficient (Wildman–Crippen LogP) is 2.67. The molecule has 0 spiro atoms. The van der Waals surface area contributed by atoms with Crippen molar-refractivity contribution in [1.82, 2.24) is 20.2 Å². The first-order valence-electron chi connectivity index (χ1n) is 6.47. The van der Waals surface area contributed by atoms with Gasteiger partial charge in [-0.15, -0.1) is 5.10 Å². The lowest BCUT2D eigenvalue weighted by Gasteiger charge is -2.08. The number of nitrogens with two attached hydrogens (primary N) is 1. The van der Waals surface area contributed by atoms with Gasteiger partial charge in [0.2, 0.25) is 0 Å². The van der Waals surface area contributed by atoms with Crippen LogP contribution in [0.15, 0.2) is 36.4 Å². The van der Waals surface area contributed by atoms with Gasteiger partial charge in [-0.1, -0.05) is 12.1 Å². The number of hydrogen-bond donors (Lipinski definition) is 1. The summed E-state index contributed by atoms with van der Waals surface area (Å²) in [6, 6.07) is 10.8. The summed E-state index contributed by atoms with van der Waals surface area (Å²) >= 11 is 0. The molecule has 0 saturated heterocycles. The minimum atomic E-state index is -0.371. The van der Waals surface area contributed by atoms with Crippen molar-refractivity contribution in [1.29, 1.82) is 0 Å². The summed E-state index contributed by atoms with van der Waals surface area (Å²) < 4.78 is 15.4. The molecule has 21 heavy (non-hydrogen) atoms. The molecule has 0 atom stereocenters. The van der Waals surface area contributed by atoms with Crippen LogP contribution in [-0.4, -0.2) is 20.2 Å². The highest BCUT2D eigenvalue weighted by molar-refractivity contribution is 5.65. The van der Waals surface area contributed by atoms with Gasteiger partial charge in [-0.05, 0) is 54.1 Å². The summed E-state index contributed by atoms with van der Waals surface area (Å²) in [4.78, 5) is 0. The molecular weight excluding hydrogens is 269 g/mol. The third-order valence-corrected chi connectivity index (χ3v) is 3.36. The molecule has 0 saturated carbocycles. The molecule has 0 aliphatic rings. The molecule has 2 N–H and O–H groups in total. The Labute approximate surface area is 121 Å². The number of halogens is 1. The highest BCUT2D eigenvalue weighted by Gasteiger charge is 2.14. The zero-order valence-corrected chi connectivity index (χ0v) is 11.7. The van der Waals surface area contributed by atoms with Crippen molar-refractivity contribution >= 4 is 5.69 Å². The second kappa shape index (κ2) is 4.97. The van der Waals surface area contributed by atoms with Gasteiger partial charge in [0, 0.05) is 16.8 Å². The number of hydrogen-bond acceptors (Lipinski definition) is 4. The lowest BCUT2D eigenvalue weighted by Crippen LogP contribution is -2.02. The first kappa shape index (κ1) is 13.2. The van der Waals surface area contributed by atoms with Crippen LogP contribution in [0.3, 0.4) is 0 Å². The Morgan fingerprint density at radius 3 is 2.67 bits per heavy atom. The van der Waals surface area contributed by atoms with Gasteiger partial charge < -0.3 is 5.73 Å². The van der Waals surface area contributed by atoms with E-state index < -0.39 is 0 Å². The number of aromatic nitrogens is 4. The van der Waals surface area contributed by atoms with E-state index in [1.165, 1.54) is 6.07 Å². The maximum atomic E-state index is 13.9. The minimum absolute atomic E-state index is 0.371. The number of nitrogens with zero attached hydrogens (tertiary/aromatic N) is 4. The maximum Gasteiger partial charge on any atom is 0.187 e. The van der Waals surface area contributed by atoms with E-state index in [4.69, 9.17) is 5.73 Å². The summed E-state index contributed by atoms with van der Waals surface area (Å²) in [7, 11) is 0. The average Bonchev–Trinajstić information content (AvgIpc) is 2.93. The molecule has 0 bridgehead atoms. The molecule has 5 nitrogen and oxygen atoms in total. The van der Waals surface area contributed by atoms with E-state index in [-0.39, 0.29) is 5.82 Å². The fraction of sp³-hybridized carbons (Fsp3) is 0.133. The van der Waals surface area contributed by atoms with E-state index in [1.807, 2.05) is 31.2 Å². The SMILES string of the molecule is Cc1cccc(-n2nnnc2-c2cc(N)c(C)c(F)c2)c1. The van der Waals surface area contributed by atoms with Crippen LogP contribution in [0.4, 0.5) is 10.1 Å². The van der Waals surface area contributed by atoms with Crippen LogP contribution in [0.2, 0.25) is 0 Å². The molecule has 3 rings (SSSR count). The zero-order valence-electron chi connectivity index (χ0n) is 11.7. The van der Waals surface area contributed by atoms with Gasteiger partial charge in [0.1, 0.15) is 5.82 Å². The lowest BCUT2D eigenvalue weighted by molar-refractivity contribution is 0.619. The van der Waals surface area contributed by atoms with E-state index in [9.17, 15) is 4.39 Å². The Bertz CT molecular complexity index is 786. The first-order chi connectivity index (χ1) is 10.1. The molecule has 1 heterocycles. The number of aryl methyl sites for hydroxylation is 1. The third kappa shape index (κ3) is 2.35. The van der Waals surface area contributed by atoms with Crippen molar-refractivity contribution in [3.05, 3.63) is 53.3 Å². The standard InChI is InChI=1S/C15H14FN5/c1-9-4-3-5-12(6-9)21-15(18-19-20-21)11-7-13(16)10(2)14(17)8-11/h3-8H,17H2,1-2H3. The zero-order chi connectivity index (χ0) is 15.0. The van der Waals surface area contributed by atoms with Gasteiger partial charge >= 0.3 is 0 Å². The summed E-state index contributed by atoms with van der Waals surface area (Å²) in [5.74, 6) is 0.0787. The lowest BCUT2D eigenvalue weighted by atomic mass is 10.1. The van der Waals surface area contributed by atoms with Gasteiger partial charge in [0.05, 0.1) is 5.69 Å². The van der Waals surface area contributed by atoms with Crippen molar-refractivity contribution < 1.29 is 4.39 Å². The molecule has 0 radical (unpaired) electrons. The van der Waals surface area contributed by atoms with E-state index in [1.54, 1.807) is 17.7 Å². The molecule has 0 unspecified atom stereocenters. The first-order valence-corrected chi connectivity index (χ1v) is 6.47.